The number of hydrogen-bond acceptors (Lipinski definition) is 6. The van der Waals surface area contributed by atoms with Crippen molar-refractivity contribution in [2.75, 3.05) is 12.9 Å². The number of ether oxygens (including phenoxy) is 1. The molecule has 0 amide bonds. The van der Waals surface area contributed by atoms with Crippen LogP contribution in [-0.2, 0) is 16.1 Å². The second-order valence-corrected chi connectivity index (χ2v) is 4.52. The molecule has 0 spiro atoms. The number of aliphatic hydroxyl groups excluding tert-OH is 1. The number of carbonyl (C=O) groups is 1. The third-order valence-corrected chi connectivity index (χ3v) is 3.33. The Bertz CT molecular complexity index is 449. The van der Waals surface area contributed by atoms with Crippen molar-refractivity contribution < 1.29 is 19.6 Å². The molecule has 1 N–H and O–H groups in total. The molecule has 6 nitrogen and oxygen atoms in total. The first-order valence-corrected chi connectivity index (χ1v) is 6.15. The number of rotatable bonds is 6. The van der Waals surface area contributed by atoms with Gasteiger partial charge < -0.3 is 9.84 Å². The van der Waals surface area contributed by atoms with Crippen LogP contribution in [0.3, 0.4) is 0 Å². The zero-order chi connectivity index (χ0) is 13.5. The maximum Gasteiger partial charge on any atom is 0.306 e. The van der Waals surface area contributed by atoms with Crippen molar-refractivity contribution in [3.05, 3.63) is 33.9 Å². The summed E-state index contributed by atoms with van der Waals surface area (Å²) in [5.74, 6) is 0.187. The van der Waals surface area contributed by atoms with Gasteiger partial charge in [0.05, 0.1) is 25.1 Å². The number of carbonyl (C=O) groups excluding carboxylic acids is 1. The highest BCUT2D eigenvalue weighted by Crippen LogP contribution is 2.27. The molecule has 18 heavy (non-hydrogen) atoms. The number of aliphatic hydroxyl groups is 1. The van der Waals surface area contributed by atoms with Crippen LogP contribution >= 0.6 is 11.8 Å². The smallest absolute Gasteiger partial charge is 0.306 e. The van der Waals surface area contributed by atoms with E-state index >= 15 is 0 Å². The summed E-state index contributed by atoms with van der Waals surface area (Å²) in [6, 6.07) is 4.28. The van der Waals surface area contributed by atoms with Gasteiger partial charge >= 0.3 is 5.97 Å². The van der Waals surface area contributed by atoms with Crippen molar-refractivity contribution in [1.82, 2.24) is 0 Å². The topological polar surface area (TPSA) is 89.7 Å². The van der Waals surface area contributed by atoms with E-state index in [1.165, 1.54) is 31.0 Å². The number of methoxy groups -OCH3 is 1. The van der Waals surface area contributed by atoms with Crippen LogP contribution in [-0.4, -0.2) is 28.9 Å². The van der Waals surface area contributed by atoms with Gasteiger partial charge in [0.1, 0.15) is 0 Å². The molecule has 0 fully saturated rings. The molecular weight excluding hydrogens is 258 g/mol. The summed E-state index contributed by atoms with van der Waals surface area (Å²) in [5, 5.41) is 19.7. The van der Waals surface area contributed by atoms with Gasteiger partial charge in [-0.2, -0.15) is 0 Å². The van der Waals surface area contributed by atoms with Crippen LogP contribution in [0.1, 0.15) is 12.0 Å². The summed E-state index contributed by atoms with van der Waals surface area (Å²) in [6.45, 7) is -0.276. The summed E-state index contributed by atoms with van der Waals surface area (Å²) in [4.78, 5) is 21.7. The third-order valence-electron chi connectivity index (χ3n) is 2.22. The number of nitro groups is 1. The highest BCUT2D eigenvalue weighted by Gasteiger charge is 2.11. The van der Waals surface area contributed by atoms with Gasteiger partial charge in [0.15, 0.2) is 0 Å². The molecule has 0 saturated heterocycles. The van der Waals surface area contributed by atoms with Crippen molar-refractivity contribution in [2.45, 2.75) is 17.9 Å². The predicted molar refractivity (Wildman–Crippen MR) is 66.4 cm³/mol. The second kappa shape index (κ2) is 6.97. The quantitative estimate of drug-likeness (QED) is 0.367. The molecule has 1 aromatic rings. The average Bonchev–Trinajstić information content (AvgIpc) is 2.38. The van der Waals surface area contributed by atoms with E-state index in [1.807, 2.05) is 0 Å². The van der Waals surface area contributed by atoms with Crippen LogP contribution in [0.4, 0.5) is 5.69 Å². The van der Waals surface area contributed by atoms with Crippen LogP contribution in [0.15, 0.2) is 23.1 Å². The van der Waals surface area contributed by atoms with Crippen LogP contribution in [0, 0.1) is 10.1 Å². The van der Waals surface area contributed by atoms with Crippen molar-refractivity contribution in [1.29, 1.82) is 0 Å². The number of nitrogens with zero attached hydrogens (tertiary/aromatic N) is 1. The van der Waals surface area contributed by atoms with E-state index in [0.29, 0.717) is 11.3 Å². The summed E-state index contributed by atoms with van der Waals surface area (Å²) < 4.78 is 4.50. The zero-order valence-electron chi connectivity index (χ0n) is 9.79. The van der Waals surface area contributed by atoms with Gasteiger partial charge in [0.2, 0.25) is 0 Å². The molecule has 0 saturated carbocycles. The third kappa shape index (κ3) is 4.01. The highest BCUT2D eigenvalue weighted by atomic mass is 32.2. The minimum atomic E-state index is -0.512. The standard InChI is InChI=1S/C11H13NO5S/c1-17-11(14)4-5-18-10-3-2-9(12(15)16)6-8(10)7-13/h2-3,6,13H,4-5,7H2,1H3. The Morgan fingerprint density at radius 1 is 1.56 bits per heavy atom. The van der Waals surface area contributed by atoms with E-state index in [4.69, 9.17) is 5.11 Å². The second-order valence-electron chi connectivity index (χ2n) is 3.38. The Morgan fingerprint density at radius 3 is 2.83 bits per heavy atom. The van der Waals surface area contributed by atoms with E-state index in [-0.39, 0.29) is 24.7 Å². The maximum atomic E-state index is 10.9. The molecule has 7 heteroatoms. The first kappa shape index (κ1) is 14.5. The van der Waals surface area contributed by atoms with E-state index in [2.05, 4.69) is 4.74 Å². The number of thioether (sulfide) groups is 1. The normalized spacial score (nSPS) is 10.1. The minimum Gasteiger partial charge on any atom is -0.469 e. The minimum absolute atomic E-state index is 0.0589. The monoisotopic (exact) mass is 271 g/mol. The molecule has 0 bridgehead atoms. The molecule has 1 aromatic carbocycles. The molecule has 0 aliphatic heterocycles. The summed E-state index contributed by atoms with van der Waals surface area (Å²) in [7, 11) is 1.32. The lowest BCUT2D eigenvalue weighted by atomic mass is 10.2. The molecule has 1 rings (SSSR count). The first-order chi connectivity index (χ1) is 8.58. The fraction of sp³-hybridized carbons (Fsp3) is 0.364. The number of nitro benzene ring substituents is 1. The number of non-ortho nitro benzene ring substituents is 1. The fourth-order valence-electron chi connectivity index (χ4n) is 1.29. The van der Waals surface area contributed by atoms with E-state index in [9.17, 15) is 14.9 Å². The molecule has 0 aliphatic carbocycles. The van der Waals surface area contributed by atoms with Crippen LogP contribution < -0.4 is 0 Å². The fourth-order valence-corrected chi connectivity index (χ4v) is 2.25. The molecule has 0 aliphatic rings. The Labute approximate surface area is 108 Å². The number of benzene rings is 1. The highest BCUT2D eigenvalue weighted by molar-refractivity contribution is 7.99. The van der Waals surface area contributed by atoms with Crippen LogP contribution in [0.2, 0.25) is 0 Å². The molecule has 0 aromatic heterocycles. The lowest BCUT2D eigenvalue weighted by Gasteiger charge is -2.06. The Balaban J connectivity index is 2.71. The van der Waals surface area contributed by atoms with E-state index in [1.54, 1.807) is 6.07 Å². The van der Waals surface area contributed by atoms with Crippen molar-refractivity contribution in [3.8, 4) is 0 Å². The van der Waals surface area contributed by atoms with Gasteiger partial charge in [-0.3, -0.25) is 14.9 Å². The van der Waals surface area contributed by atoms with E-state index in [0.717, 1.165) is 4.90 Å². The van der Waals surface area contributed by atoms with Gasteiger partial charge in [0, 0.05) is 22.8 Å². The van der Waals surface area contributed by atoms with Gasteiger partial charge in [-0.05, 0) is 11.6 Å². The Hall–Kier alpha value is -1.60. The summed E-state index contributed by atoms with van der Waals surface area (Å²) in [6.07, 6.45) is 0.253. The molecular formula is C11H13NO5S. The largest absolute Gasteiger partial charge is 0.469 e. The Kier molecular flexibility index (Phi) is 5.60. The SMILES string of the molecule is COC(=O)CCSc1ccc([N+](=O)[O-])cc1CO. The molecule has 0 atom stereocenters. The first-order valence-electron chi connectivity index (χ1n) is 5.16. The lowest BCUT2D eigenvalue weighted by Crippen LogP contribution is -2.01. The summed E-state index contributed by atoms with van der Waals surface area (Å²) in [5.41, 5.74) is 0.426. The van der Waals surface area contributed by atoms with Crippen molar-refractivity contribution in [2.24, 2.45) is 0 Å². The molecule has 98 valence electrons. The van der Waals surface area contributed by atoms with Gasteiger partial charge in [-0.1, -0.05) is 0 Å². The lowest BCUT2D eigenvalue weighted by molar-refractivity contribution is -0.385. The van der Waals surface area contributed by atoms with E-state index < -0.39 is 4.92 Å². The zero-order valence-corrected chi connectivity index (χ0v) is 10.6. The molecule has 0 radical (unpaired) electrons. The van der Waals surface area contributed by atoms with Crippen LogP contribution in [0.5, 0.6) is 0 Å². The molecule has 0 unspecified atom stereocenters. The average molecular weight is 271 g/mol. The predicted octanol–water partition coefficient (Wildman–Crippen LogP) is 1.74. The van der Waals surface area contributed by atoms with Gasteiger partial charge in [-0.15, -0.1) is 11.8 Å². The number of hydrogen-bond donors (Lipinski definition) is 1. The van der Waals surface area contributed by atoms with Crippen molar-refractivity contribution in [3.63, 3.8) is 0 Å². The van der Waals surface area contributed by atoms with Crippen LogP contribution in [0.25, 0.3) is 0 Å². The summed E-state index contributed by atoms with van der Waals surface area (Å²) >= 11 is 1.35. The molecule has 0 heterocycles. The van der Waals surface area contributed by atoms with Crippen molar-refractivity contribution >= 4 is 23.4 Å². The Morgan fingerprint density at radius 2 is 2.28 bits per heavy atom. The number of esters is 1. The maximum absolute atomic E-state index is 10.9. The van der Waals surface area contributed by atoms with Gasteiger partial charge in [-0.25, -0.2) is 0 Å². The van der Waals surface area contributed by atoms with Gasteiger partial charge in [0.25, 0.3) is 5.69 Å².